The Morgan fingerprint density at radius 3 is 2.78 bits per heavy atom. The van der Waals surface area contributed by atoms with E-state index in [0.29, 0.717) is 0 Å². The van der Waals surface area contributed by atoms with Gasteiger partial charge >= 0.3 is 0 Å². The van der Waals surface area contributed by atoms with Crippen molar-refractivity contribution < 1.29 is 4.79 Å². The summed E-state index contributed by atoms with van der Waals surface area (Å²) in [6.45, 7) is 0. The van der Waals surface area contributed by atoms with Crippen LogP contribution < -0.4 is 5.32 Å². The fourth-order valence-corrected chi connectivity index (χ4v) is 3.08. The molecule has 0 spiro atoms. The summed E-state index contributed by atoms with van der Waals surface area (Å²) in [5.41, 5.74) is 1.58. The van der Waals surface area contributed by atoms with Gasteiger partial charge in [0.25, 0.3) is 0 Å². The van der Waals surface area contributed by atoms with Gasteiger partial charge in [-0.3, -0.25) is 9.78 Å². The van der Waals surface area contributed by atoms with Crippen molar-refractivity contribution in [1.29, 1.82) is 0 Å². The molecule has 3 rings (SSSR count). The molecule has 0 unspecified atom stereocenters. The summed E-state index contributed by atoms with van der Waals surface area (Å²) in [5.74, 6) is 0.928. The predicted molar refractivity (Wildman–Crippen MR) is 96.8 cm³/mol. The van der Waals surface area contributed by atoms with Crippen LogP contribution in [0.3, 0.4) is 0 Å². The Balaban J connectivity index is 1.86. The van der Waals surface area contributed by atoms with E-state index in [0.717, 1.165) is 28.8 Å². The van der Waals surface area contributed by atoms with E-state index in [2.05, 4.69) is 16.6 Å². The fraction of sp³-hybridized carbons (Fsp3) is 0.222. The molecule has 0 saturated carbocycles. The highest BCUT2D eigenvalue weighted by Gasteiger charge is 2.20. The standard InChI is InChI=1S/C18H19N3OS/c1-23-13-9-16(21-11-2-3-12-21)18(22)20-15-8-4-6-14-7-5-10-19-17(14)15/h2-8,10-12,16H,9,13H2,1H3,(H,20,22)/t16-/m1/s1. The molecule has 118 valence electrons. The van der Waals surface area contributed by atoms with E-state index in [4.69, 9.17) is 0 Å². The van der Waals surface area contributed by atoms with Gasteiger partial charge in [0.2, 0.25) is 5.91 Å². The summed E-state index contributed by atoms with van der Waals surface area (Å²) < 4.78 is 1.96. The minimum Gasteiger partial charge on any atom is -0.342 e. The highest BCUT2D eigenvalue weighted by Crippen LogP contribution is 2.23. The highest BCUT2D eigenvalue weighted by atomic mass is 32.2. The number of pyridine rings is 1. The smallest absolute Gasteiger partial charge is 0.247 e. The quantitative estimate of drug-likeness (QED) is 0.746. The number of hydrogen-bond acceptors (Lipinski definition) is 3. The van der Waals surface area contributed by atoms with Crippen LogP contribution in [0.5, 0.6) is 0 Å². The third-order valence-corrected chi connectivity index (χ3v) is 4.42. The van der Waals surface area contributed by atoms with E-state index < -0.39 is 0 Å². The van der Waals surface area contributed by atoms with E-state index in [-0.39, 0.29) is 11.9 Å². The van der Waals surface area contributed by atoms with Crippen molar-refractivity contribution in [3.8, 4) is 0 Å². The van der Waals surface area contributed by atoms with Gasteiger partial charge in [-0.1, -0.05) is 18.2 Å². The Labute approximate surface area is 139 Å². The molecule has 5 heteroatoms. The van der Waals surface area contributed by atoms with Gasteiger partial charge in [-0.15, -0.1) is 0 Å². The van der Waals surface area contributed by atoms with Gasteiger partial charge in [0.15, 0.2) is 0 Å². The Bertz CT molecular complexity index is 781. The molecule has 4 nitrogen and oxygen atoms in total. The Hall–Kier alpha value is -2.27. The van der Waals surface area contributed by atoms with Crippen LogP contribution >= 0.6 is 11.8 Å². The van der Waals surface area contributed by atoms with E-state index in [1.807, 2.05) is 59.4 Å². The van der Waals surface area contributed by atoms with E-state index in [9.17, 15) is 4.79 Å². The highest BCUT2D eigenvalue weighted by molar-refractivity contribution is 7.98. The fourth-order valence-electron chi connectivity index (χ4n) is 2.62. The lowest BCUT2D eigenvalue weighted by atomic mass is 10.1. The second-order valence-corrected chi connectivity index (χ2v) is 6.28. The van der Waals surface area contributed by atoms with Crippen LogP contribution in [0.2, 0.25) is 0 Å². The number of fused-ring (bicyclic) bond motifs is 1. The lowest BCUT2D eigenvalue weighted by Gasteiger charge is -2.18. The Kier molecular flexibility index (Phi) is 4.98. The van der Waals surface area contributed by atoms with E-state index >= 15 is 0 Å². The number of anilines is 1. The normalized spacial score (nSPS) is 12.2. The Morgan fingerprint density at radius 1 is 1.22 bits per heavy atom. The van der Waals surface area contributed by atoms with Crippen molar-refractivity contribution in [2.24, 2.45) is 0 Å². The van der Waals surface area contributed by atoms with Crippen LogP contribution in [0.25, 0.3) is 10.9 Å². The molecule has 0 aliphatic heterocycles. The van der Waals surface area contributed by atoms with Crippen molar-refractivity contribution in [3.05, 3.63) is 61.1 Å². The van der Waals surface area contributed by atoms with Crippen molar-refractivity contribution in [1.82, 2.24) is 9.55 Å². The first-order valence-electron chi connectivity index (χ1n) is 7.55. The second-order valence-electron chi connectivity index (χ2n) is 5.30. The number of nitrogens with one attached hydrogen (secondary N) is 1. The van der Waals surface area contributed by atoms with Crippen LogP contribution in [-0.4, -0.2) is 27.5 Å². The number of benzene rings is 1. The lowest BCUT2D eigenvalue weighted by molar-refractivity contribution is -0.119. The molecule has 1 amide bonds. The molecule has 0 radical (unpaired) electrons. The molecule has 23 heavy (non-hydrogen) atoms. The zero-order valence-corrected chi connectivity index (χ0v) is 13.8. The maximum absolute atomic E-state index is 12.8. The number of carbonyl (C=O) groups is 1. The summed E-state index contributed by atoms with van der Waals surface area (Å²) in [6.07, 6.45) is 8.46. The number of nitrogens with zero attached hydrogens (tertiary/aromatic N) is 2. The first kappa shape index (κ1) is 15.6. The summed E-state index contributed by atoms with van der Waals surface area (Å²) in [7, 11) is 0. The number of para-hydroxylation sites is 1. The zero-order valence-electron chi connectivity index (χ0n) is 13.0. The molecule has 1 atom stereocenters. The van der Waals surface area contributed by atoms with E-state index in [1.54, 1.807) is 18.0 Å². The molecule has 0 aliphatic carbocycles. The molecule has 3 aromatic rings. The van der Waals surface area contributed by atoms with Gasteiger partial charge in [0.05, 0.1) is 11.2 Å². The van der Waals surface area contributed by atoms with Crippen molar-refractivity contribution in [3.63, 3.8) is 0 Å². The molecular weight excluding hydrogens is 306 g/mol. The molecule has 0 saturated heterocycles. The summed E-state index contributed by atoms with van der Waals surface area (Å²) in [4.78, 5) is 17.2. The summed E-state index contributed by atoms with van der Waals surface area (Å²) in [6, 6.07) is 13.4. The van der Waals surface area contributed by atoms with Crippen molar-refractivity contribution in [2.45, 2.75) is 12.5 Å². The number of thioether (sulfide) groups is 1. The van der Waals surface area contributed by atoms with Gasteiger partial charge in [-0.05, 0) is 42.7 Å². The van der Waals surface area contributed by atoms with Gasteiger partial charge in [0.1, 0.15) is 6.04 Å². The molecule has 1 aromatic carbocycles. The number of amides is 1. The minimum atomic E-state index is -0.212. The molecule has 1 N–H and O–H groups in total. The average Bonchev–Trinajstić information content (AvgIpc) is 3.10. The molecule has 0 bridgehead atoms. The first-order valence-corrected chi connectivity index (χ1v) is 8.95. The summed E-state index contributed by atoms with van der Waals surface area (Å²) in [5, 5.41) is 4.07. The van der Waals surface area contributed by atoms with Crippen molar-refractivity contribution >= 4 is 34.3 Å². The van der Waals surface area contributed by atoms with Crippen LogP contribution in [0.1, 0.15) is 12.5 Å². The molecule has 2 aromatic heterocycles. The molecule has 0 fully saturated rings. The number of hydrogen-bond donors (Lipinski definition) is 1. The van der Waals surface area contributed by atoms with Crippen LogP contribution in [0, 0.1) is 0 Å². The largest absolute Gasteiger partial charge is 0.342 e. The molecular formula is C18H19N3OS. The third kappa shape index (κ3) is 3.56. The third-order valence-electron chi connectivity index (χ3n) is 3.78. The maximum Gasteiger partial charge on any atom is 0.247 e. The van der Waals surface area contributed by atoms with Crippen molar-refractivity contribution in [2.75, 3.05) is 17.3 Å². The van der Waals surface area contributed by atoms with Crippen LogP contribution in [0.4, 0.5) is 5.69 Å². The zero-order chi connectivity index (χ0) is 16.1. The monoisotopic (exact) mass is 325 g/mol. The lowest BCUT2D eigenvalue weighted by Crippen LogP contribution is -2.26. The molecule has 0 aliphatic rings. The second kappa shape index (κ2) is 7.33. The Morgan fingerprint density at radius 2 is 2.00 bits per heavy atom. The number of carbonyl (C=O) groups excluding carboxylic acids is 1. The maximum atomic E-state index is 12.8. The number of aromatic nitrogens is 2. The predicted octanol–water partition coefficient (Wildman–Crippen LogP) is 3.97. The van der Waals surface area contributed by atoms with Gasteiger partial charge < -0.3 is 9.88 Å². The van der Waals surface area contributed by atoms with Gasteiger partial charge in [-0.2, -0.15) is 11.8 Å². The van der Waals surface area contributed by atoms with Gasteiger partial charge in [-0.25, -0.2) is 0 Å². The summed E-state index contributed by atoms with van der Waals surface area (Å²) >= 11 is 1.75. The first-order chi connectivity index (χ1) is 11.3. The van der Waals surface area contributed by atoms with E-state index in [1.165, 1.54) is 0 Å². The SMILES string of the molecule is CSCC[C@H](C(=O)Nc1cccc2cccnc12)n1cccc1. The topological polar surface area (TPSA) is 46.9 Å². The molecule has 2 heterocycles. The van der Waals surface area contributed by atoms with Gasteiger partial charge in [0, 0.05) is 24.0 Å². The number of rotatable bonds is 6. The van der Waals surface area contributed by atoms with Crippen LogP contribution in [-0.2, 0) is 4.79 Å². The van der Waals surface area contributed by atoms with Crippen LogP contribution in [0.15, 0.2) is 61.1 Å². The minimum absolute atomic E-state index is 0.00611. The average molecular weight is 325 g/mol.